The monoisotopic (exact) mass is 335 g/mol. The normalized spacial score (nSPS) is 16.0. The van der Waals surface area contributed by atoms with E-state index in [9.17, 15) is 17.6 Å². The molecular weight excluding hydrogens is 321 g/mol. The Bertz CT molecular complexity index is 698. The van der Waals surface area contributed by atoms with Crippen LogP contribution in [0, 0.1) is 11.7 Å². The molecule has 8 heteroatoms. The topological polar surface area (TPSA) is 83.5 Å². The molecule has 1 aromatic carbocycles. The van der Waals surface area contributed by atoms with Crippen LogP contribution in [0.5, 0.6) is 0 Å². The molecule has 1 aliphatic carbocycles. The number of rotatable bonds is 5. The molecule has 0 atom stereocenters. The van der Waals surface area contributed by atoms with Crippen molar-refractivity contribution in [2.75, 3.05) is 0 Å². The Labute approximate surface area is 127 Å². The SMILES string of the molecule is CC(C)(NS(=O)(=O)c1cc(Cl)cc(C(=O)O)c1F)C1CC1. The lowest BCUT2D eigenvalue weighted by Gasteiger charge is -2.26. The molecule has 21 heavy (non-hydrogen) atoms. The maximum atomic E-state index is 14.1. The fourth-order valence-corrected chi connectivity index (χ4v) is 4.09. The summed E-state index contributed by atoms with van der Waals surface area (Å²) in [5.41, 5.74) is -1.50. The van der Waals surface area contributed by atoms with Gasteiger partial charge in [-0.1, -0.05) is 11.6 Å². The molecule has 0 unspecified atom stereocenters. The summed E-state index contributed by atoms with van der Waals surface area (Å²) in [7, 11) is -4.20. The Morgan fingerprint density at radius 2 is 2.00 bits per heavy atom. The van der Waals surface area contributed by atoms with Crippen LogP contribution in [-0.2, 0) is 10.0 Å². The van der Waals surface area contributed by atoms with Crippen LogP contribution in [0.4, 0.5) is 4.39 Å². The van der Waals surface area contributed by atoms with Crippen LogP contribution >= 0.6 is 11.6 Å². The van der Waals surface area contributed by atoms with Gasteiger partial charge in [-0.3, -0.25) is 0 Å². The van der Waals surface area contributed by atoms with E-state index in [-0.39, 0.29) is 10.9 Å². The molecule has 1 aromatic rings. The molecule has 0 bridgehead atoms. The molecule has 5 nitrogen and oxygen atoms in total. The van der Waals surface area contributed by atoms with Gasteiger partial charge in [0.05, 0.1) is 5.56 Å². The highest BCUT2D eigenvalue weighted by Crippen LogP contribution is 2.40. The predicted molar refractivity (Wildman–Crippen MR) is 75.5 cm³/mol. The minimum atomic E-state index is -4.20. The van der Waals surface area contributed by atoms with E-state index in [1.165, 1.54) is 0 Å². The highest BCUT2D eigenvalue weighted by molar-refractivity contribution is 7.89. The first kappa shape index (κ1) is 16.2. The van der Waals surface area contributed by atoms with Crippen molar-refractivity contribution in [2.24, 2.45) is 5.92 Å². The van der Waals surface area contributed by atoms with E-state index in [2.05, 4.69) is 4.72 Å². The number of nitrogens with one attached hydrogen (secondary N) is 1. The number of hydrogen-bond acceptors (Lipinski definition) is 3. The van der Waals surface area contributed by atoms with Crippen molar-refractivity contribution < 1.29 is 22.7 Å². The van der Waals surface area contributed by atoms with Crippen molar-refractivity contribution in [3.63, 3.8) is 0 Å². The number of hydrogen-bond donors (Lipinski definition) is 2. The zero-order chi connectivity index (χ0) is 16.0. The Hall–Kier alpha value is -1.18. The smallest absolute Gasteiger partial charge is 0.338 e. The molecule has 116 valence electrons. The van der Waals surface area contributed by atoms with Crippen molar-refractivity contribution in [1.29, 1.82) is 0 Å². The fourth-order valence-electron chi connectivity index (χ4n) is 2.21. The fraction of sp³-hybridized carbons (Fsp3) is 0.462. The lowest BCUT2D eigenvalue weighted by molar-refractivity contribution is 0.0691. The van der Waals surface area contributed by atoms with Gasteiger partial charge in [0, 0.05) is 10.6 Å². The van der Waals surface area contributed by atoms with Gasteiger partial charge in [-0.25, -0.2) is 22.3 Å². The van der Waals surface area contributed by atoms with Gasteiger partial charge >= 0.3 is 5.97 Å². The van der Waals surface area contributed by atoms with Crippen LogP contribution in [-0.4, -0.2) is 25.0 Å². The van der Waals surface area contributed by atoms with Gasteiger partial charge in [0.15, 0.2) is 5.82 Å². The number of carbonyl (C=O) groups is 1. The summed E-state index contributed by atoms with van der Waals surface area (Å²) in [6, 6.07) is 1.79. The molecular formula is C13H15ClFNO4S. The first-order valence-electron chi connectivity index (χ1n) is 6.31. The van der Waals surface area contributed by atoms with E-state index in [0.29, 0.717) is 0 Å². The van der Waals surface area contributed by atoms with Crippen LogP contribution < -0.4 is 4.72 Å². The summed E-state index contributed by atoms with van der Waals surface area (Å²) in [6.45, 7) is 3.42. The van der Waals surface area contributed by atoms with Crippen molar-refractivity contribution in [1.82, 2.24) is 4.72 Å². The Morgan fingerprint density at radius 3 is 2.48 bits per heavy atom. The second-order valence-electron chi connectivity index (χ2n) is 5.67. The van der Waals surface area contributed by atoms with Crippen LogP contribution in [0.1, 0.15) is 37.0 Å². The molecule has 0 aromatic heterocycles. The number of carboxylic acid groups (broad SMARTS) is 1. The van der Waals surface area contributed by atoms with Crippen molar-refractivity contribution >= 4 is 27.6 Å². The standard InChI is InChI=1S/C13H15ClFNO4S/c1-13(2,7-3-4-7)16-21(19,20)10-6-8(14)5-9(11(10)15)12(17)18/h5-7,16H,3-4H2,1-2H3,(H,17,18). The summed E-state index contributed by atoms with van der Waals surface area (Å²) >= 11 is 5.70. The highest BCUT2D eigenvalue weighted by atomic mass is 35.5. The van der Waals surface area contributed by atoms with Gasteiger partial charge in [0.1, 0.15) is 4.90 Å². The molecule has 1 saturated carbocycles. The largest absolute Gasteiger partial charge is 0.478 e. The molecule has 0 aliphatic heterocycles. The second-order valence-corrected chi connectivity index (χ2v) is 7.76. The van der Waals surface area contributed by atoms with Gasteiger partial charge in [-0.15, -0.1) is 0 Å². The Kier molecular flexibility index (Phi) is 4.03. The van der Waals surface area contributed by atoms with Gasteiger partial charge in [0.25, 0.3) is 0 Å². The summed E-state index contributed by atoms with van der Waals surface area (Å²) in [5.74, 6) is -2.70. The molecule has 0 heterocycles. The van der Waals surface area contributed by atoms with Crippen molar-refractivity contribution in [3.8, 4) is 0 Å². The minimum absolute atomic E-state index is 0.154. The summed E-state index contributed by atoms with van der Waals surface area (Å²) in [5, 5.41) is 8.74. The maximum absolute atomic E-state index is 14.1. The third-order valence-corrected chi connectivity index (χ3v) is 5.41. The third kappa shape index (κ3) is 3.36. The van der Waals surface area contributed by atoms with Crippen molar-refractivity contribution in [3.05, 3.63) is 28.5 Å². The molecule has 1 fully saturated rings. The number of halogens is 2. The molecule has 1 aliphatic rings. The van der Waals surface area contributed by atoms with E-state index in [4.69, 9.17) is 16.7 Å². The van der Waals surface area contributed by atoms with Crippen LogP contribution in [0.25, 0.3) is 0 Å². The van der Waals surface area contributed by atoms with E-state index in [0.717, 1.165) is 25.0 Å². The Balaban J connectivity index is 2.47. The molecule has 0 amide bonds. The van der Waals surface area contributed by atoms with Crippen LogP contribution in [0.3, 0.4) is 0 Å². The minimum Gasteiger partial charge on any atom is -0.478 e. The number of benzene rings is 1. The molecule has 0 radical (unpaired) electrons. The van der Waals surface area contributed by atoms with Gasteiger partial charge in [-0.05, 0) is 44.7 Å². The zero-order valence-corrected chi connectivity index (χ0v) is 13.1. The van der Waals surface area contributed by atoms with E-state index >= 15 is 0 Å². The lowest BCUT2D eigenvalue weighted by atomic mass is 10.0. The van der Waals surface area contributed by atoms with Gasteiger partial charge in [0.2, 0.25) is 10.0 Å². The van der Waals surface area contributed by atoms with E-state index in [1.807, 2.05) is 0 Å². The summed E-state index contributed by atoms with van der Waals surface area (Å²) in [4.78, 5) is 10.2. The third-order valence-electron chi connectivity index (χ3n) is 3.52. The predicted octanol–water partition coefficient (Wildman–Crippen LogP) is 2.64. The van der Waals surface area contributed by atoms with Crippen LogP contribution in [0.2, 0.25) is 5.02 Å². The first-order valence-corrected chi connectivity index (χ1v) is 8.17. The zero-order valence-electron chi connectivity index (χ0n) is 11.5. The van der Waals surface area contributed by atoms with Gasteiger partial charge < -0.3 is 5.11 Å². The Morgan fingerprint density at radius 1 is 1.43 bits per heavy atom. The van der Waals surface area contributed by atoms with Gasteiger partial charge in [-0.2, -0.15) is 0 Å². The van der Waals surface area contributed by atoms with Crippen LogP contribution in [0.15, 0.2) is 17.0 Å². The summed E-state index contributed by atoms with van der Waals surface area (Å²) < 4.78 is 41.2. The van der Waals surface area contributed by atoms with E-state index < -0.39 is 37.8 Å². The lowest BCUT2D eigenvalue weighted by Crippen LogP contribution is -2.45. The first-order chi connectivity index (χ1) is 9.54. The molecule has 0 spiro atoms. The number of aromatic carboxylic acids is 1. The number of carboxylic acids is 1. The number of sulfonamides is 1. The quantitative estimate of drug-likeness (QED) is 0.866. The van der Waals surface area contributed by atoms with Crippen molar-refractivity contribution in [2.45, 2.75) is 37.1 Å². The molecule has 0 saturated heterocycles. The van der Waals surface area contributed by atoms with E-state index in [1.54, 1.807) is 13.8 Å². The molecule has 2 rings (SSSR count). The second kappa shape index (κ2) is 5.23. The highest BCUT2D eigenvalue weighted by Gasteiger charge is 2.41. The average molecular weight is 336 g/mol. The molecule has 2 N–H and O–H groups in total. The average Bonchev–Trinajstić information content (AvgIpc) is 3.13. The maximum Gasteiger partial charge on any atom is 0.338 e. The summed E-state index contributed by atoms with van der Waals surface area (Å²) in [6.07, 6.45) is 1.79.